The topological polar surface area (TPSA) is 100 Å². The van der Waals surface area contributed by atoms with Gasteiger partial charge in [-0.1, -0.05) is 12.1 Å². The molecule has 0 unspecified atom stereocenters. The standard InChI is InChI=1S/C20H17F3N2O4/c1-3-29-17(27)8-7-16(26)18-19(28)12(10-24)9-15(25-18)13-5-4-6-14(11(13)2)20(21,22)23/h4-6,9,28H,3,7-8H2,1-2H3. The average Bonchev–Trinajstić information content (AvgIpc) is 2.66. The van der Waals surface area contributed by atoms with Crippen LogP contribution in [0.15, 0.2) is 24.3 Å². The second-order valence-electron chi connectivity index (χ2n) is 6.07. The molecule has 2 aromatic rings. The lowest BCUT2D eigenvalue weighted by molar-refractivity contribution is -0.143. The molecule has 0 saturated carbocycles. The summed E-state index contributed by atoms with van der Waals surface area (Å²) in [5, 5.41) is 19.4. The number of esters is 1. The van der Waals surface area contributed by atoms with E-state index in [1.807, 2.05) is 0 Å². The van der Waals surface area contributed by atoms with E-state index >= 15 is 0 Å². The van der Waals surface area contributed by atoms with Crippen LogP contribution in [0.5, 0.6) is 5.75 Å². The van der Waals surface area contributed by atoms with E-state index in [2.05, 4.69) is 4.98 Å². The molecule has 0 radical (unpaired) electrons. The fourth-order valence-electron chi connectivity index (χ4n) is 2.74. The fourth-order valence-corrected chi connectivity index (χ4v) is 2.74. The van der Waals surface area contributed by atoms with Crippen LogP contribution in [0.4, 0.5) is 13.2 Å². The van der Waals surface area contributed by atoms with E-state index in [1.165, 1.54) is 19.1 Å². The first-order chi connectivity index (χ1) is 13.6. The van der Waals surface area contributed by atoms with Gasteiger partial charge in [-0.05, 0) is 31.5 Å². The van der Waals surface area contributed by atoms with Crippen LogP contribution < -0.4 is 0 Å². The second kappa shape index (κ2) is 8.73. The van der Waals surface area contributed by atoms with Crippen molar-refractivity contribution < 1.29 is 32.6 Å². The number of aromatic nitrogens is 1. The zero-order chi connectivity index (χ0) is 21.8. The van der Waals surface area contributed by atoms with Gasteiger partial charge in [-0.15, -0.1) is 0 Å². The van der Waals surface area contributed by atoms with Crippen LogP contribution in [0.25, 0.3) is 11.3 Å². The van der Waals surface area contributed by atoms with E-state index in [4.69, 9.17) is 4.74 Å². The van der Waals surface area contributed by atoms with Gasteiger partial charge in [-0.3, -0.25) is 9.59 Å². The summed E-state index contributed by atoms with van der Waals surface area (Å²) in [6, 6.07) is 6.28. The molecule has 1 aromatic carbocycles. The van der Waals surface area contributed by atoms with Gasteiger partial charge >= 0.3 is 12.1 Å². The van der Waals surface area contributed by atoms with Crippen molar-refractivity contribution in [2.75, 3.05) is 6.61 Å². The summed E-state index contributed by atoms with van der Waals surface area (Å²) >= 11 is 0. The number of carbonyl (C=O) groups is 2. The number of nitriles is 1. The van der Waals surface area contributed by atoms with Gasteiger partial charge in [-0.25, -0.2) is 4.98 Å². The number of hydrogen-bond acceptors (Lipinski definition) is 6. The van der Waals surface area contributed by atoms with Gasteiger partial charge in [0.25, 0.3) is 0 Å². The maximum absolute atomic E-state index is 13.2. The SMILES string of the molecule is CCOC(=O)CCC(=O)c1nc(-c2cccc(C(F)(F)F)c2C)cc(C#N)c1O. The molecule has 0 saturated heterocycles. The van der Waals surface area contributed by atoms with Crippen molar-refractivity contribution in [3.05, 3.63) is 46.6 Å². The molecule has 9 heteroatoms. The first-order valence-corrected chi connectivity index (χ1v) is 8.60. The minimum atomic E-state index is -4.59. The quantitative estimate of drug-likeness (QED) is 0.571. The van der Waals surface area contributed by atoms with Crippen molar-refractivity contribution in [3.8, 4) is 23.1 Å². The highest BCUT2D eigenvalue weighted by Gasteiger charge is 2.33. The lowest BCUT2D eigenvalue weighted by Crippen LogP contribution is -2.11. The number of Topliss-reactive ketones (excluding diaryl/α,β-unsaturated/α-hetero) is 1. The van der Waals surface area contributed by atoms with Gasteiger partial charge in [-0.2, -0.15) is 18.4 Å². The maximum atomic E-state index is 13.2. The van der Waals surface area contributed by atoms with Crippen LogP contribution in [0, 0.1) is 18.3 Å². The number of carbonyl (C=O) groups excluding carboxylic acids is 2. The summed E-state index contributed by atoms with van der Waals surface area (Å²) in [6.07, 6.45) is -5.19. The van der Waals surface area contributed by atoms with E-state index < -0.39 is 34.9 Å². The van der Waals surface area contributed by atoms with Crippen molar-refractivity contribution in [2.24, 2.45) is 0 Å². The summed E-state index contributed by atoms with van der Waals surface area (Å²) < 4.78 is 44.3. The molecule has 0 aliphatic heterocycles. The van der Waals surface area contributed by atoms with E-state index in [1.54, 1.807) is 13.0 Å². The predicted octanol–water partition coefficient (Wildman–Crippen LogP) is 4.18. The van der Waals surface area contributed by atoms with Crippen molar-refractivity contribution >= 4 is 11.8 Å². The molecule has 29 heavy (non-hydrogen) atoms. The fraction of sp³-hybridized carbons (Fsp3) is 0.300. The Balaban J connectivity index is 2.52. The number of hydrogen-bond donors (Lipinski definition) is 1. The molecule has 0 aliphatic carbocycles. The van der Waals surface area contributed by atoms with E-state index in [-0.39, 0.29) is 41.8 Å². The Morgan fingerprint density at radius 3 is 2.55 bits per heavy atom. The molecule has 1 aromatic heterocycles. The highest BCUT2D eigenvalue weighted by atomic mass is 19.4. The zero-order valence-corrected chi connectivity index (χ0v) is 15.6. The molecule has 0 bridgehead atoms. The highest BCUT2D eigenvalue weighted by molar-refractivity contribution is 5.99. The van der Waals surface area contributed by atoms with Gasteiger partial charge in [0.15, 0.2) is 11.5 Å². The second-order valence-corrected chi connectivity index (χ2v) is 6.07. The third-order valence-electron chi connectivity index (χ3n) is 4.15. The van der Waals surface area contributed by atoms with Gasteiger partial charge in [0.1, 0.15) is 11.8 Å². The Labute approximate surface area is 164 Å². The van der Waals surface area contributed by atoms with Crippen LogP contribution in [-0.2, 0) is 15.7 Å². The Morgan fingerprint density at radius 2 is 1.97 bits per heavy atom. The number of benzene rings is 1. The number of nitrogens with zero attached hydrogens (tertiary/aromatic N) is 2. The average molecular weight is 406 g/mol. The van der Waals surface area contributed by atoms with E-state index in [0.29, 0.717) is 0 Å². The zero-order valence-electron chi connectivity index (χ0n) is 15.6. The number of rotatable bonds is 6. The Morgan fingerprint density at radius 1 is 1.28 bits per heavy atom. The Bertz CT molecular complexity index is 994. The van der Waals surface area contributed by atoms with Gasteiger partial charge in [0, 0.05) is 12.0 Å². The van der Waals surface area contributed by atoms with Gasteiger partial charge in [0.2, 0.25) is 0 Å². The molecule has 0 atom stereocenters. The lowest BCUT2D eigenvalue weighted by Gasteiger charge is -2.15. The van der Waals surface area contributed by atoms with Gasteiger partial charge in [0.05, 0.1) is 29.8 Å². The number of pyridine rings is 1. The highest BCUT2D eigenvalue weighted by Crippen LogP contribution is 2.37. The minimum absolute atomic E-state index is 0.0655. The summed E-state index contributed by atoms with van der Waals surface area (Å²) in [5.41, 5.74) is -1.81. The molecule has 2 rings (SSSR count). The van der Waals surface area contributed by atoms with Gasteiger partial charge < -0.3 is 9.84 Å². The Kier molecular flexibility index (Phi) is 6.59. The normalized spacial score (nSPS) is 11.0. The molecule has 0 aliphatic rings. The predicted molar refractivity (Wildman–Crippen MR) is 96.0 cm³/mol. The molecule has 6 nitrogen and oxygen atoms in total. The third-order valence-corrected chi connectivity index (χ3v) is 4.15. The number of ether oxygens (including phenoxy) is 1. The van der Waals surface area contributed by atoms with E-state index in [9.17, 15) is 33.1 Å². The molecular formula is C20H17F3N2O4. The molecular weight excluding hydrogens is 389 g/mol. The smallest absolute Gasteiger partial charge is 0.416 e. The van der Waals surface area contributed by atoms with Crippen LogP contribution >= 0.6 is 0 Å². The van der Waals surface area contributed by atoms with Crippen molar-refractivity contribution in [2.45, 2.75) is 32.9 Å². The van der Waals surface area contributed by atoms with Crippen molar-refractivity contribution in [1.29, 1.82) is 5.26 Å². The summed E-state index contributed by atoms with van der Waals surface area (Å²) in [4.78, 5) is 27.8. The monoisotopic (exact) mass is 406 g/mol. The third kappa shape index (κ3) is 4.90. The lowest BCUT2D eigenvalue weighted by atomic mass is 9.97. The van der Waals surface area contributed by atoms with Crippen LogP contribution in [0.1, 0.15) is 46.9 Å². The molecule has 152 valence electrons. The molecule has 1 N–H and O–H groups in total. The number of ketones is 1. The minimum Gasteiger partial charge on any atom is -0.504 e. The number of alkyl halides is 3. The first-order valence-electron chi connectivity index (χ1n) is 8.60. The van der Waals surface area contributed by atoms with Crippen LogP contribution in [0.3, 0.4) is 0 Å². The van der Waals surface area contributed by atoms with Crippen molar-refractivity contribution in [1.82, 2.24) is 4.98 Å². The van der Waals surface area contributed by atoms with Crippen LogP contribution in [-0.4, -0.2) is 28.4 Å². The van der Waals surface area contributed by atoms with E-state index in [0.717, 1.165) is 12.1 Å². The summed E-state index contributed by atoms with van der Waals surface area (Å²) in [5.74, 6) is -2.04. The van der Waals surface area contributed by atoms with Crippen LogP contribution in [0.2, 0.25) is 0 Å². The first kappa shape index (κ1) is 21.9. The maximum Gasteiger partial charge on any atom is 0.416 e. The number of aromatic hydroxyl groups is 1. The molecule has 0 spiro atoms. The summed E-state index contributed by atoms with van der Waals surface area (Å²) in [7, 11) is 0. The van der Waals surface area contributed by atoms with Crippen molar-refractivity contribution in [3.63, 3.8) is 0 Å². The Hall–Kier alpha value is -3.41. The summed E-state index contributed by atoms with van der Waals surface area (Å²) in [6.45, 7) is 2.99. The molecule has 0 fully saturated rings. The molecule has 1 heterocycles. The largest absolute Gasteiger partial charge is 0.504 e. The number of halogens is 3. The molecule has 0 amide bonds.